The summed E-state index contributed by atoms with van der Waals surface area (Å²) >= 11 is 9.19. The molecule has 1 fully saturated rings. The highest BCUT2D eigenvalue weighted by Gasteiger charge is 2.23. The Kier molecular flexibility index (Phi) is 13.6. The Balaban J connectivity index is 0.000000186. The Morgan fingerprint density at radius 3 is 1.55 bits per heavy atom. The number of hydrogen-bond donors (Lipinski definition) is 1. The molecule has 17 heteroatoms. The van der Waals surface area contributed by atoms with Crippen molar-refractivity contribution in [3.63, 3.8) is 0 Å². The van der Waals surface area contributed by atoms with Gasteiger partial charge in [-0.3, -0.25) is 0 Å². The van der Waals surface area contributed by atoms with Crippen LogP contribution in [0.1, 0.15) is 32.4 Å². The van der Waals surface area contributed by atoms with Crippen molar-refractivity contribution in [3.05, 3.63) is 64.9 Å². The monoisotopic (exact) mass is 896 g/mol. The minimum absolute atomic E-state index is 0. The molecule has 2 aromatic carbocycles. The minimum atomic E-state index is 0. The van der Waals surface area contributed by atoms with Gasteiger partial charge in [0.1, 0.15) is 24.6 Å². The number of hydrogen-bond acceptors (Lipinski definition) is 16. The van der Waals surface area contributed by atoms with Crippen LogP contribution in [-0.2, 0) is 0 Å². The maximum atomic E-state index is 6.11. The van der Waals surface area contributed by atoms with Crippen LogP contribution in [0, 0.1) is 13.8 Å². The topological polar surface area (TPSA) is 148 Å². The van der Waals surface area contributed by atoms with Crippen molar-refractivity contribution in [1.29, 1.82) is 0 Å². The number of piperazine rings is 1. The summed E-state index contributed by atoms with van der Waals surface area (Å²) in [6.07, 6.45) is 0. The Morgan fingerprint density at radius 1 is 0.613 bits per heavy atom. The largest absolute Gasteiger partial charge is 0.493 e. The molecule has 14 nitrogen and oxygen atoms in total. The van der Waals surface area contributed by atoms with Gasteiger partial charge in [-0.05, 0) is 99.0 Å². The number of benzene rings is 2. The second kappa shape index (κ2) is 19.1. The van der Waals surface area contributed by atoms with E-state index in [0.717, 1.165) is 107 Å². The third kappa shape index (κ3) is 8.51. The number of nitrogens with zero attached hydrogens (tertiary/aromatic N) is 7. The number of methoxy groups -OCH3 is 4. The molecule has 6 aromatic heterocycles. The standard InChI is InChI=1S/C24H27N5O3S.C20H18ClN3O3S.CH4/c1-5-32-22-21-20(27-24(28-22)29-10-8-25-9-11-29)19-14(2)12-16(26-23(19)33-21)15-6-7-17(30-3)18(13-15)31-4;1-5-27-18-17-16(23-20(21)24-18)15-10(2)8-12(22-19(15)28-17)11-6-7-13(25-3)14(9-11)26-4;/h6-7,12-13,25H,5,8-11H2,1-4H3;6-9H,5H2,1-4H3;1H4. The molecule has 1 aliphatic rings. The molecule has 0 amide bonds. The van der Waals surface area contributed by atoms with Crippen molar-refractivity contribution in [2.24, 2.45) is 0 Å². The van der Waals surface area contributed by atoms with E-state index < -0.39 is 0 Å². The lowest BCUT2D eigenvalue weighted by Crippen LogP contribution is -2.44. The van der Waals surface area contributed by atoms with E-state index in [1.54, 1.807) is 39.8 Å². The highest BCUT2D eigenvalue weighted by Crippen LogP contribution is 2.43. The highest BCUT2D eigenvalue weighted by molar-refractivity contribution is 7.26. The smallest absolute Gasteiger partial charge is 0.236 e. The molecule has 0 bridgehead atoms. The molecule has 9 rings (SSSR count). The molecular formula is C45H49ClN8O6S2. The number of aryl methyl sites for hydroxylation is 2. The van der Waals surface area contributed by atoms with Crippen LogP contribution in [0.5, 0.6) is 34.8 Å². The predicted octanol–water partition coefficient (Wildman–Crippen LogP) is 9.96. The molecule has 0 unspecified atom stereocenters. The van der Waals surface area contributed by atoms with Gasteiger partial charge in [-0.2, -0.15) is 9.97 Å². The number of pyridine rings is 2. The summed E-state index contributed by atoms with van der Waals surface area (Å²) in [6.45, 7) is 12.7. The molecule has 8 aromatic rings. The zero-order chi connectivity index (χ0) is 42.8. The Morgan fingerprint density at radius 2 is 1.08 bits per heavy atom. The van der Waals surface area contributed by atoms with Crippen LogP contribution in [-0.4, -0.2) is 97.7 Å². The van der Waals surface area contributed by atoms with E-state index in [1.165, 1.54) is 11.3 Å². The molecule has 1 aliphatic heterocycles. The van der Waals surface area contributed by atoms with Crippen LogP contribution in [0.4, 0.5) is 5.95 Å². The molecule has 0 spiro atoms. The average molecular weight is 898 g/mol. The number of fused-ring (bicyclic) bond motifs is 6. The van der Waals surface area contributed by atoms with Gasteiger partial charge in [-0.1, -0.05) is 7.43 Å². The number of ether oxygens (including phenoxy) is 6. The molecule has 1 N–H and O–H groups in total. The van der Waals surface area contributed by atoms with Crippen molar-refractivity contribution in [1.82, 2.24) is 35.2 Å². The zero-order valence-electron chi connectivity index (χ0n) is 35.1. The van der Waals surface area contributed by atoms with E-state index in [2.05, 4.69) is 33.2 Å². The fraction of sp³-hybridized carbons (Fsp3) is 0.333. The number of aromatic nitrogens is 6. The Bertz CT molecular complexity index is 2900. The Hall–Kier alpha value is -5.81. The first kappa shape index (κ1) is 44.3. The van der Waals surface area contributed by atoms with Crippen molar-refractivity contribution >= 4 is 81.1 Å². The van der Waals surface area contributed by atoms with E-state index in [0.29, 0.717) is 48.0 Å². The summed E-state index contributed by atoms with van der Waals surface area (Å²) < 4.78 is 35.0. The van der Waals surface area contributed by atoms with Gasteiger partial charge in [-0.25, -0.2) is 19.9 Å². The van der Waals surface area contributed by atoms with E-state index in [4.69, 9.17) is 60.0 Å². The van der Waals surface area contributed by atoms with Crippen LogP contribution in [0.3, 0.4) is 0 Å². The normalized spacial score (nSPS) is 12.6. The van der Waals surface area contributed by atoms with Gasteiger partial charge in [-0.15, -0.1) is 22.7 Å². The summed E-state index contributed by atoms with van der Waals surface area (Å²) in [5.74, 6) is 4.55. The van der Waals surface area contributed by atoms with Gasteiger partial charge >= 0.3 is 0 Å². The molecular weight excluding hydrogens is 848 g/mol. The number of rotatable bonds is 11. The molecule has 7 heterocycles. The van der Waals surface area contributed by atoms with E-state index >= 15 is 0 Å². The van der Waals surface area contributed by atoms with Crippen molar-refractivity contribution < 1.29 is 28.4 Å². The summed E-state index contributed by atoms with van der Waals surface area (Å²) in [7, 11) is 6.51. The zero-order valence-corrected chi connectivity index (χ0v) is 37.5. The first-order valence-electron chi connectivity index (χ1n) is 19.7. The van der Waals surface area contributed by atoms with Gasteiger partial charge in [0.2, 0.25) is 23.0 Å². The van der Waals surface area contributed by atoms with E-state index in [-0.39, 0.29) is 12.7 Å². The SMILES string of the molecule is C.CCOc1nc(Cl)nc2c1sc1nc(-c3ccc(OC)c(OC)c3)cc(C)c12.CCOc1nc(N2CCNCC2)nc2c1sc1nc(-c3ccc(OC)c(OC)c3)cc(C)c12. The third-order valence-electron chi connectivity index (χ3n) is 10.2. The molecule has 0 aliphatic carbocycles. The van der Waals surface area contributed by atoms with Gasteiger partial charge < -0.3 is 38.6 Å². The lowest BCUT2D eigenvalue weighted by molar-refractivity contribution is 0.331. The third-order valence-corrected chi connectivity index (χ3v) is 12.5. The number of halogens is 1. The van der Waals surface area contributed by atoms with Crippen molar-refractivity contribution in [2.45, 2.75) is 35.1 Å². The fourth-order valence-corrected chi connectivity index (χ4v) is 9.74. The molecule has 1 saturated heterocycles. The predicted molar refractivity (Wildman–Crippen MR) is 251 cm³/mol. The van der Waals surface area contributed by atoms with Gasteiger partial charge in [0.05, 0.1) is 58.6 Å². The maximum absolute atomic E-state index is 6.11. The number of nitrogens with one attached hydrogen (secondary N) is 1. The Labute approximate surface area is 373 Å². The molecule has 0 saturated carbocycles. The van der Waals surface area contributed by atoms with Crippen LogP contribution in [0.25, 0.3) is 63.4 Å². The van der Waals surface area contributed by atoms with Crippen LogP contribution in [0.2, 0.25) is 5.28 Å². The summed E-state index contributed by atoms with van der Waals surface area (Å²) in [5, 5.41) is 5.57. The van der Waals surface area contributed by atoms with Gasteiger partial charge in [0, 0.05) is 48.1 Å². The van der Waals surface area contributed by atoms with Crippen molar-refractivity contribution in [3.8, 4) is 57.3 Å². The van der Waals surface area contributed by atoms with Crippen LogP contribution < -0.4 is 38.6 Å². The molecule has 0 radical (unpaired) electrons. The second-order valence-electron chi connectivity index (χ2n) is 13.9. The van der Waals surface area contributed by atoms with Crippen LogP contribution in [0.15, 0.2) is 48.5 Å². The summed E-state index contributed by atoms with van der Waals surface area (Å²) in [5.41, 5.74) is 7.47. The first-order valence-corrected chi connectivity index (χ1v) is 21.7. The van der Waals surface area contributed by atoms with E-state index in [9.17, 15) is 0 Å². The van der Waals surface area contributed by atoms with Crippen molar-refractivity contribution in [2.75, 3.05) is 72.7 Å². The number of thiophene rings is 2. The lowest BCUT2D eigenvalue weighted by Gasteiger charge is -2.27. The van der Waals surface area contributed by atoms with E-state index in [1.807, 2.05) is 63.2 Å². The molecule has 0 atom stereocenters. The quantitative estimate of drug-likeness (QED) is 0.123. The maximum Gasteiger partial charge on any atom is 0.236 e. The van der Waals surface area contributed by atoms with Gasteiger partial charge in [0.25, 0.3) is 0 Å². The molecule has 62 heavy (non-hydrogen) atoms. The average Bonchev–Trinajstić information content (AvgIpc) is 3.86. The fourth-order valence-electron chi connectivity index (χ4n) is 7.31. The molecule has 324 valence electrons. The highest BCUT2D eigenvalue weighted by atomic mass is 35.5. The summed E-state index contributed by atoms with van der Waals surface area (Å²) in [6, 6.07) is 15.7. The van der Waals surface area contributed by atoms with Gasteiger partial charge in [0.15, 0.2) is 23.0 Å². The van der Waals surface area contributed by atoms with Crippen LogP contribution >= 0.6 is 34.3 Å². The number of anilines is 1. The minimum Gasteiger partial charge on any atom is -0.493 e. The lowest BCUT2D eigenvalue weighted by atomic mass is 10.1. The second-order valence-corrected chi connectivity index (χ2v) is 16.3. The summed E-state index contributed by atoms with van der Waals surface area (Å²) in [4.78, 5) is 32.3. The first-order chi connectivity index (χ1) is 29.7.